The second kappa shape index (κ2) is 7.51. The maximum atomic E-state index is 12.7. The first-order valence-corrected chi connectivity index (χ1v) is 9.07. The van der Waals surface area contributed by atoms with Crippen LogP contribution in [0.4, 0.5) is 13.2 Å². The average Bonchev–Trinajstić information content (AvgIpc) is 3.28. The first-order chi connectivity index (χ1) is 12.8. The molecule has 0 saturated heterocycles. The summed E-state index contributed by atoms with van der Waals surface area (Å²) in [5.74, 6) is -0.145. The molecule has 9 heteroatoms. The molecule has 0 atom stereocenters. The van der Waals surface area contributed by atoms with Crippen molar-refractivity contribution in [2.45, 2.75) is 32.5 Å². The van der Waals surface area contributed by atoms with Gasteiger partial charge >= 0.3 is 6.18 Å². The molecule has 0 saturated carbocycles. The van der Waals surface area contributed by atoms with Crippen LogP contribution in [0.5, 0.6) is 0 Å². The van der Waals surface area contributed by atoms with Gasteiger partial charge in [0.15, 0.2) is 5.82 Å². The number of alkyl halides is 3. The van der Waals surface area contributed by atoms with E-state index >= 15 is 0 Å². The van der Waals surface area contributed by atoms with E-state index in [0.717, 1.165) is 17.1 Å². The second-order valence-corrected chi connectivity index (χ2v) is 7.21. The molecule has 0 unspecified atom stereocenters. The van der Waals surface area contributed by atoms with Crippen molar-refractivity contribution in [3.8, 4) is 5.82 Å². The molecule has 0 fully saturated rings. The minimum Gasteiger partial charge on any atom is -0.347 e. The van der Waals surface area contributed by atoms with Gasteiger partial charge in [-0.15, -0.1) is 11.3 Å². The molecule has 0 aliphatic rings. The van der Waals surface area contributed by atoms with E-state index in [1.165, 1.54) is 28.3 Å². The molecule has 3 aromatic heterocycles. The van der Waals surface area contributed by atoms with E-state index in [0.29, 0.717) is 17.8 Å². The second-order valence-electron chi connectivity index (χ2n) is 6.17. The summed E-state index contributed by atoms with van der Waals surface area (Å²) in [5, 5.41) is 8.95. The van der Waals surface area contributed by atoms with Gasteiger partial charge in [-0.05, 0) is 29.5 Å². The number of carbonyl (C=O) groups excluding carboxylic acids is 1. The number of aromatic nitrogens is 3. The number of hydrogen-bond donors (Lipinski definition) is 1. The largest absolute Gasteiger partial charge is 0.417 e. The summed E-state index contributed by atoms with van der Waals surface area (Å²) in [7, 11) is 0. The first kappa shape index (κ1) is 19.1. The third-order valence-corrected chi connectivity index (χ3v) is 4.77. The molecule has 3 aromatic rings. The molecular weight excluding hydrogens is 377 g/mol. The molecule has 3 heterocycles. The van der Waals surface area contributed by atoms with Crippen molar-refractivity contribution in [3.05, 3.63) is 63.7 Å². The van der Waals surface area contributed by atoms with Crippen LogP contribution in [0.1, 0.15) is 46.3 Å². The van der Waals surface area contributed by atoms with Gasteiger partial charge < -0.3 is 5.32 Å². The van der Waals surface area contributed by atoms with Gasteiger partial charge in [-0.1, -0.05) is 19.9 Å². The van der Waals surface area contributed by atoms with Crippen LogP contribution in [0.15, 0.2) is 42.0 Å². The first-order valence-electron chi connectivity index (χ1n) is 8.19. The van der Waals surface area contributed by atoms with Crippen molar-refractivity contribution in [1.29, 1.82) is 0 Å². The summed E-state index contributed by atoms with van der Waals surface area (Å²) in [5.41, 5.74) is 0.132. The number of nitrogens with zero attached hydrogens (tertiary/aromatic N) is 3. The Balaban J connectivity index is 1.88. The smallest absolute Gasteiger partial charge is 0.347 e. The number of carbonyl (C=O) groups is 1. The molecule has 0 bridgehead atoms. The predicted molar refractivity (Wildman–Crippen MR) is 95.9 cm³/mol. The average molecular weight is 394 g/mol. The van der Waals surface area contributed by atoms with Crippen LogP contribution in [0.3, 0.4) is 0 Å². The van der Waals surface area contributed by atoms with Crippen LogP contribution in [-0.2, 0) is 12.7 Å². The maximum absolute atomic E-state index is 12.7. The molecule has 1 amide bonds. The Bertz CT molecular complexity index is 915. The van der Waals surface area contributed by atoms with Crippen molar-refractivity contribution >= 4 is 17.2 Å². The zero-order valence-electron chi connectivity index (χ0n) is 14.6. The molecule has 0 aromatic carbocycles. The molecule has 0 spiro atoms. The van der Waals surface area contributed by atoms with Crippen molar-refractivity contribution in [3.63, 3.8) is 0 Å². The third-order valence-electron chi connectivity index (χ3n) is 3.89. The Kier molecular flexibility index (Phi) is 5.31. The van der Waals surface area contributed by atoms with E-state index in [4.69, 9.17) is 0 Å². The van der Waals surface area contributed by atoms with E-state index in [-0.39, 0.29) is 17.6 Å². The zero-order chi connectivity index (χ0) is 19.6. The number of rotatable bonds is 5. The van der Waals surface area contributed by atoms with Gasteiger partial charge in [-0.2, -0.15) is 18.3 Å². The molecular formula is C18H17F3N4OS. The number of amides is 1. The topological polar surface area (TPSA) is 59.8 Å². The minimum absolute atomic E-state index is 0.0842. The van der Waals surface area contributed by atoms with Crippen LogP contribution in [0.2, 0.25) is 0 Å². The Morgan fingerprint density at radius 1 is 1.26 bits per heavy atom. The summed E-state index contributed by atoms with van der Waals surface area (Å²) >= 11 is 1.54. The SMILES string of the molecule is CC(C)c1c(C(=O)NCc2cccs2)cnn1-c1ccc(C(F)(F)F)cn1. The van der Waals surface area contributed by atoms with Crippen LogP contribution in [-0.4, -0.2) is 20.7 Å². The predicted octanol–water partition coefficient (Wildman–Crippen LogP) is 4.40. The highest BCUT2D eigenvalue weighted by Gasteiger charge is 2.31. The van der Waals surface area contributed by atoms with E-state index in [2.05, 4.69) is 15.4 Å². The van der Waals surface area contributed by atoms with E-state index in [9.17, 15) is 18.0 Å². The van der Waals surface area contributed by atoms with E-state index < -0.39 is 11.7 Å². The number of thiophene rings is 1. The minimum atomic E-state index is -4.45. The normalized spacial score (nSPS) is 11.8. The highest BCUT2D eigenvalue weighted by molar-refractivity contribution is 7.09. The summed E-state index contributed by atoms with van der Waals surface area (Å²) in [6.07, 6.45) is -2.28. The van der Waals surface area contributed by atoms with Gasteiger partial charge in [0.25, 0.3) is 5.91 Å². The molecule has 0 aliphatic heterocycles. The lowest BCUT2D eigenvalue weighted by atomic mass is 10.1. The fraction of sp³-hybridized carbons (Fsp3) is 0.278. The molecule has 1 N–H and O–H groups in total. The summed E-state index contributed by atoms with van der Waals surface area (Å²) in [4.78, 5) is 17.5. The standard InChI is InChI=1S/C18H17F3N4OS/c1-11(2)16-14(17(26)23-9-13-4-3-7-27-13)10-24-25(16)15-6-5-12(8-22-15)18(19,20)21/h3-8,10-11H,9H2,1-2H3,(H,23,26). The van der Waals surface area contributed by atoms with Gasteiger partial charge in [0.05, 0.1) is 29.6 Å². The molecule has 0 aliphatic carbocycles. The van der Waals surface area contributed by atoms with Gasteiger partial charge in [-0.3, -0.25) is 4.79 Å². The lowest BCUT2D eigenvalue weighted by Gasteiger charge is -2.13. The quantitative estimate of drug-likeness (QED) is 0.698. The molecule has 142 valence electrons. The Morgan fingerprint density at radius 2 is 2.04 bits per heavy atom. The monoisotopic (exact) mass is 394 g/mol. The Labute approximate surface area is 157 Å². The van der Waals surface area contributed by atoms with Crippen molar-refractivity contribution in [2.24, 2.45) is 0 Å². The van der Waals surface area contributed by atoms with Crippen LogP contribution in [0.25, 0.3) is 5.82 Å². The highest BCUT2D eigenvalue weighted by Crippen LogP contribution is 2.29. The lowest BCUT2D eigenvalue weighted by Crippen LogP contribution is -2.23. The van der Waals surface area contributed by atoms with E-state index in [1.54, 1.807) is 0 Å². The van der Waals surface area contributed by atoms with Gasteiger partial charge in [-0.25, -0.2) is 9.67 Å². The molecule has 27 heavy (non-hydrogen) atoms. The van der Waals surface area contributed by atoms with Gasteiger partial charge in [0, 0.05) is 11.1 Å². The maximum Gasteiger partial charge on any atom is 0.417 e. The molecule has 3 rings (SSSR count). The fourth-order valence-electron chi connectivity index (χ4n) is 2.63. The third kappa shape index (κ3) is 4.19. The van der Waals surface area contributed by atoms with Gasteiger partial charge in [0.1, 0.15) is 0 Å². The molecule has 0 radical (unpaired) electrons. The Hall–Kier alpha value is -2.68. The van der Waals surface area contributed by atoms with Crippen molar-refractivity contribution < 1.29 is 18.0 Å². The van der Waals surface area contributed by atoms with Crippen LogP contribution in [0, 0.1) is 0 Å². The summed E-state index contributed by atoms with van der Waals surface area (Å²) in [6, 6.07) is 6.02. The molecule has 5 nitrogen and oxygen atoms in total. The van der Waals surface area contributed by atoms with Crippen LogP contribution < -0.4 is 5.32 Å². The summed E-state index contributed by atoms with van der Waals surface area (Å²) in [6.45, 7) is 4.17. The zero-order valence-corrected chi connectivity index (χ0v) is 15.4. The van der Waals surface area contributed by atoms with Crippen LogP contribution >= 0.6 is 11.3 Å². The van der Waals surface area contributed by atoms with Crippen molar-refractivity contribution in [1.82, 2.24) is 20.1 Å². The highest BCUT2D eigenvalue weighted by atomic mass is 32.1. The number of hydrogen-bond acceptors (Lipinski definition) is 4. The summed E-state index contributed by atoms with van der Waals surface area (Å²) < 4.78 is 39.6. The number of nitrogens with one attached hydrogen (secondary N) is 1. The lowest BCUT2D eigenvalue weighted by molar-refractivity contribution is -0.137. The Morgan fingerprint density at radius 3 is 2.59 bits per heavy atom. The number of pyridine rings is 1. The van der Waals surface area contributed by atoms with E-state index in [1.807, 2.05) is 31.4 Å². The van der Waals surface area contributed by atoms with Gasteiger partial charge in [0.2, 0.25) is 0 Å². The van der Waals surface area contributed by atoms with Crippen molar-refractivity contribution in [2.75, 3.05) is 0 Å². The fourth-order valence-corrected chi connectivity index (χ4v) is 3.27. The number of halogens is 3.